The monoisotopic (exact) mass is 264 g/mol. The molecule has 1 fully saturated rings. The highest BCUT2D eigenvalue weighted by Crippen LogP contribution is 2.14. The molecule has 2 rings (SSSR count). The molecule has 0 bridgehead atoms. The molecule has 0 spiro atoms. The van der Waals surface area contributed by atoms with Gasteiger partial charge in [-0.15, -0.1) is 12.6 Å². The number of piperazine rings is 1. The van der Waals surface area contributed by atoms with E-state index < -0.39 is 0 Å². The molecular formula is C14H20N2OS. The maximum Gasteiger partial charge on any atom is 0.190 e. The van der Waals surface area contributed by atoms with Gasteiger partial charge in [-0.05, 0) is 18.2 Å². The lowest BCUT2D eigenvalue weighted by Gasteiger charge is -2.32. The van der Waals surface area contributed by atoms with Gasteiger partial charge in [-0.2, -0.15) is 0 Å². The van der Waals surface area contributed by atoms with E-state index in [0.717, 1.165) is 38.3 Å². The molecule has 18 heavy (non-hydrogen) atoms. The molecule has 1 aliphatic heterocycles. The van der Waals surface area contributed by atoms with E-state index >= 15 is 0 Å². The first-order valence-electron chi connectivity index (χ1n) is 6.34. The molecule has 0 aliphatic carbocycles. The van der Waals surface area contributed by atoms with Crippen molar-refractivity contribution in [3.63, 3.8) is 0 Å². The SMILES string of the molecule is CN1CCN(Cc2ccccc2CC(=O)S)CC1. The first kappa shape index (κ1) is 13.6. The summed E-state index contributed by atoms with van der Waals surface area (Å²) in [7, 11) is 2.16. The van der Waals surface area contributed by atoms with Gasteiger partial charge < -0.3 is 4.90 Å². The fraction of sp³-hybridized carbons (Fsp3) is 0.500. The zero-order chi connectivity index (χ0) is 13.0. The van der Waals surface area contributed by atoms with Crippen molar-refractivity contribution in [3.8, 4) is 0 Å². The number of benzene rings is 1. The predicted molar refractivity (Wildman–Crippen MR) is 76.9 cm³/mol. The second-order valence-electron chi connectivity index (χ2n) is 4.92. The van der Waals surface area contributed by atoms with E-state index in [-0.39, 0.29) is 5.12 Å². The van der Waals surface area contributed by atoms with Crippen LogP contribution in [0.3, 0.4) is 0 Å². The molecule has 98 valence electrons. The van der Waals surface area contributed by atoms with E-state index in [1.165, 1.54) is 5.56 Å². The van der Waals surface area contributed by atoms with E-state index in [1.54, 1.807) is 0 Å². The average Bonchev–Trinajstić information content (AvgIpc) is 2.34. The molecule has 4 heteroatoms. The number of nitrogens with zero attached hydrogens (tertiary/aromatic N) is 2. The predicted octanol–water partition coefficient (Wildman–Crippen LogP) is 1.43. The Hall–Kier alpha value is -0.840. The third-order valence-corrected chi connectivity index (χ3v) is 3.61. The molecule has 0 N–H and O–H groups in total. The van der Waals surface area contributed by atoms with E-state index in [1.807, 2.05) is 18.2 Å². The Morgan fingerprint density at radius 2 is 1.78 bits per heavy atom. The van der Waals surface area contributed by atoms with Crippen LogP contribution in [0, 0.1) is 0 Å². The highest BCUT2D eigenvalue weighted by molar-refractivity contribution is 7.96. The van der Waals surface area contributed by atoms with Crippen molar-refractivity contribution in [1.82, 2.24) is 9.80 Å². The molecule has 1 aromatic carbocycles. The number of likely N-dealkylation sites (N-methyl/N-ethyl adjacent to an activating group) is 1. The van der Waals surface area contributed by atoms with Crippen molar-refractivity contribution < 1.29 is 4.79 Å². The molecule has 0 atom stereocenters. The van der Waals surface area contributed by atoms with Gasteiger partial charge in [0.2, 0.25) is 0 Å². The Bertz CT molecular complexity index is 414. The largest absolute Gasteiger partial charge is 0.304 e. The molecular weight excluding hydrogens is 244 g/mol. The lowest BCUT2D eigenvalue weighted by Crippen LogP contribution is -2.44. The van der Waals surface area contributed by atoms with Crippen LogP contribution in [0.2, 0.25) is 0 Å². The number of thiol groups is 1. The number of carbonyl (C=O) groups is 1. The van der Waals surface area contributed by atoms with Crippen LogP contribution >= 0.6 is 12.6 Å². The summed E-state index contributed by atoms with van der Waals surface area (Å²) in [5, 5.41) is -0.0687. The smallest absolute Gasteiger partial charge is 0.190 e. The number of carbonyl (C=O) groups excluding carboxylic acids is 1. The minimum atomic E-state index is -0.0687. The standard InChI is InChI=1S/C14H20N2OS/c1-15-6-8-16(9-7-15)11-13-5-3-2-4-12(13)10-14(17)18/h2-5H,6-11H2,1H3,(H,17,18). The molecule has 1 saturated heterocycles. The Kier molecular flexibility index (Phi) is 4.80. The zero-order valence-electron chi connectivity index (χ0n) is 10.8. The van der Waals surface area contributed by atoms with Crippen LogP contribution in [0.25, 0.3) is 0 Å². The van der Waals surface area contributed by atoms with Crippen LogP contribution in [-0.2, 0) is 17.8 Å². The van der Waals surface area contributed by atoms with Gasteiger partial charge in [0.15, 0.2) is 5.12 Å². The minimum absolute atomic E-state index is 0.0687. The maximum absolute atomic E-state index is 11.1. The van der Waals surface area contributed by atoms with Crippen LogP contribution in [-0.4, -0.2) is 48.1 Å². The summed E-state index contributed by atoms with van der Waals surface area (Å²) in [4.78, 5) is 15.9. The summed E-state index contributed by atoms with van der Waals surface area (Å²) >= 11 is 3.88. The highest BCUT2D eigenvalue weighted by atomic mass is 32.1. The van der Waals surface area contributed by atoms with Crippen LogP contribution in [0.15, 0.2) is 24.3 Å². The summed E-state index contributed by atoms with van der Waals surface area (Å²) in [6, 6.07) is 8.17. The molecule has 1 heterocycles. The summed E-state index contributed by atoms with van der Waals surface area (Å²) in [5.74, 6) is 0. The number of hydrogen-bond acceptors (Lipinski definition) is 3. The van der Waals surface area contributed by atoms with Gasteiger partial charge in [0.1, 0.15) is 0 Å². The topological polar surface area (TPSA) is 23.6 Å². The second kappa shape index (κ2) is 6.36. The Morgan fingerprint density at radius 1 is 1.17 bits per heavy atom. The molecule has 1 aromatic rings. The number of hydrogen-bond donors (Lipinski definition) is 1. The highest BCUT2D eigenvalue weighted by Gasteiger charge is 2.15. The Balaban J connectivity index is 2.02. The van der Waals surface area contributed by atoms with Crippen molar-refractivity contribution in [2.75, 3.05) is 33.2 Å². The van der Waals surface area contributed by atoms with Crippen molar-refractivity contribution in [1.29, 1.82) is 0 Å². The van der Waals surface area contributed by atoms with Crippen LogP contribution in [0.4, 0.5) is 0 Å². The first-order valence-corrected chi connectivity index (χ1v) is 6.79. The summed E-state index contributed by atoms with van der Waals surface area (Å²) in [6.07, 6.45) is 0.424. The Labute approximate surface area is 114 Å². The lowest BCUT2D eigenvalue weighted by molar-refractivity contribution is -0.110. The fourth-order valence-corrected chi connectivity index (χ4v) is 2.46. The van der Waals surface area contributed by atoms with Crippen molar-refractivity contribution in [2.24, 2.45) is 0 Å². The van der Waals surface area contributed by atoms with Gasteiger partial charge in [-0.25, -0.2) is 0 Å². The quantitative estimate of drug-likeness (QED) is 0.832. The lowest BCUT2D eigenvalue weighted by atomic mass is 10.0. The van der Waals surface area contributed by atoms with Gasteiger partial charge in [0.05, 0.1) is 0 Å². The molecule has 0 aromatic heterocycles. The van der Waals surface area contributed by atoms with Crippen LogP contribution < -0.4 is 0 Å². The van der Waals surface area contributed by atoms with E-state index in [2.05, 4.69) is 35.5 Å². The van der Waals surface area contributed by atoms with Crippen molar-refractivity contribution >= 4 is 17.7 Å². The molecule has 0 saturated carbocycles. The van der Waals surface area contributed by atoms with Crippen molar-refractivity contribution in [2.45, 2.75) is 13.0 Å². The van der Waals surface area contributed by atoms with E-state index in [4.69, 9.17) is 0 Å². The molecule has 0 radical (unpaired) electrons. The first-order chi connectivity index (χ1) is 8.65. The van der Waals surface area contributed by atoms with Gasteiger partial charge in [0.25, 0.3) is 0 Å². The summed E-state index contributed by atoms with van der Waals surface area (Å²) in [5.41, 5.74) is 2.36. The van der Waals surface area contributed by atoms with E-state index in [9.17, 15) is 4.79 Å². The minimum Gasteiger partial charge on any atom is -0.304 e. The normalized spacial score (nSPS) is 17.9. The Morgan fingerprint density at radius 3 is 2.39 bits per heavy atom. The zero-order valence-corrected chi connectivity index (χ0v) is 11.7. The van der Waals surface area contributed by atoms with Crippen LogP contribution in [0.1, 0.15) is 11.1 Å². The maximum atomic E-state index is 11.1. The average molecular weight is 264 g/mol. The van der Waals surface area contributed by atoms with Gasteiger partial charge in [-0.3, -0.25) is 9.69 Å². The van der Waals surface area contributed by atoms with Gasteiger partial charge >= 0.3 is 0 Å². The third kappa shape index (κ3) is 3.83. The van der Waals surface area contributed by atoms with Crippen LogP contribution in [0.5, 0.6) is 0 Å². The van der Waals surface area contributed by atoms with Gasteiger partial charge in [-0.1, -0.05) is 24.3 Å². The fourth-order valence-electron chi connectivity index (χ4n) is 2.29. The summed E-state index contributed by atoms with van der Waals surface area (Å²) < 4.78 is 0. The van der Waals surface area contributed by atoms with Gasteiger partial charge in [0, 0.05) is 39.1 Å². The molecule has 0 unspecified atom stereocenters. The number of rotatable bonds is 4. The molecule has 3 nitrogen and oxygen atoms in total. The molecule has 0 amide bonds. The van der Waals surface area contributed by atoms with Crippen molar-refractivity contribution in [3.05, 3.63) is 35.4 Å². The third-order valence-electron chi connectivity index (χ3n) is 3.45. The summed E-state index contributed by atoms with van der Waals surface area (Å²) in [6.45, 7) is 5.37. The second-order valence-corrected chi connectivity index (χ2v) is 5.42. The molecule has 1 aliphatic rings. The van der Waals surface area contributed by atoms with E-state index in [0.29, 0.717) is 6.42 Å².